The maximum atomic E-state index is 10.6. The molecule has 0 radical (unpaired) electrons. The molecule has 1 aromatic rings. The predicted molar refractivity (Wildman–Crippen MR) is 44.4 cm³/mol. The molecule has 5 heteroatoms. The van der Waals surface area contributed by atoms with Crippen LogP contribution in [0.25, 0.3) is 0 Å². The van der Waals surface area contributed by atoms with Gasteiger partial charge in [-0.2, -0.15) is 0 Å². The van der Waals surface area contributed by atoms with Gasteiger partial charge in [-0.05, 0) is 13.0 Å². The Kier molecular flexibility index (Phi) is 2.79. The molecule has 0 amide bonds. The normalized spacial score (nSPS) is 9.92. The van der Waals surface area contributed by atoms with Crippen LogP contribution in [-0.4, -0.2) is 10.7 Å². The summed E-state index contributed by atoms with van der Waals surface area (Å²) in [6, 6.07) is 2.80. The number of hydrogen-bond donors (Lipinski definition) is 0. The Hall–Kier alpha value is -1.65. The second kappa shape index (κ2) is 3.84. The number of carbonyl (C=O) groups excluding carboxylic acids is 1. The molecular formula is C8H9NO4. The van der Waals surface area contributed by atoms with Gasteiger partial charge in [-0.15, -0.1) is 0 Å². The quantitative estimate of drug-likeness (QED) is 0.526. The van der Waals surface area contributed by atoms with Crippen molar-refractivity contribution in [1.82, 2.24) is 0 Å². The second-order valence-corrected chi connectivity index (χ2v) is 2.70. The van der Waals surface area contributed by atoms with E-state index >= 15 is 0 Å². The van der Waals surface area contributed by atoms with Gasteiger partial charge < -0.3 is 9.21 Å². The van der Waals surface area contributed by atoms with Crippen LogP contribution in [0.15, 0.2) is 16.5 Å². The first-order chi connectivity index (χ1) is 6.09. The monoisotopic (exact) mass is 183 g/mol. The Morgan fingerprint density at radius 3 is 2.77 bits per heavy atom. The fourth-order valence-corrected chi connectivity index (χ4v) is 0.898. The van der Waals surface area contributed by atoms with Crippen molar-refractivity contribution in [2.45, 2.75) is 19.8 Å². The number of nitrogens with zero attached hydrogens (tertiary/aromatic N) is 1. The third kappa shape index (κ3) is 2.70. The SMILES string of the molecule is CC(=O)CCc1ccc([N+](=O)[O-])o1. The summed E-state index contributed by atoms with van der Waals surface area (Å²) in [7, 11) is 0. The minimum absolute atomic E-state index is 0.0408. The summed E-state index contributed by atoms with van der Waals surface area (Å²) >= 11 is 0. The lowest BCUT2D eigenvalue weighted by Gasteiger charge is -1.90. The van der Waals surface area contributed by atoms with Gasteiger partial charge in [0.2, 0.25) is 0 Å². The number of Topliss-reactive ketones (excluding diaryl/α,β-unsaturated/α-hetero) is 1. The zero-order chi connectivity index (χ0) is 9.84. The molecule has 0 saturated heterocycles. The Balaban J connectivity index is 2.59. The molecule has 1 rings (SSSR count). The molecular weight excluding hydrogens is 174 g/mol. The molecule has 5 nitrogen and oxygen atoms in total. The lowest BCUT2D eigenvalue weighted by molar-refractivity contribution is -0.402. The zero-order valence-electron chi connectivity index (χ0n) is 7.15. The van der Waals surface area contributed by atoms with Crippen LogP contribution in [0.5, 0.6) is 0 Å². The third-order valence-corrected chi connectivity index (χ3v) is 1.55. The van der Waals surface area contributed by atoms with Crippen molar-refractivity contribution < 1.29 is 14.1 Å². The van der Waals surface area contributed by atoms with Gasteiger partial charge in [0.25, 0.3) is 0 Å². The Morgan fingerprint density at radius 1 is 1.62 bits per heavy atom. The third-order valence-electron chi connectivity index (χ3n) is 1.55. The highest BCUT2D eigenvalue weighted by molar-refractivity contribution is 5.75. The largest absolute Gasteiger partial charge is 0.433 e. The topological polar surface area (TPSA) is 73.3 Å². The lowest BCUT2D eigenvalue weighted by Crippen LogP contribution is -1.92. The van der Waals surface area contributed by atoms with E-state index in [0.29, 0.717) is 18.6 Å². The van der Waals surface area contributed by atoms with Crippen LogP contribution in [0.1, 0.15) is 19.1 Å². The summed E-state index contributed by atoms with van der Waals surface area (Å²) in [5.41, 5.74) is 0. The van der Waals surface area contributed by atoms with E-state index in [1.165, 1.54) is 19.1 Å². The van der Waals surface area contributed by atoms with E-state index in [4.69, 9.17) is 4.42 Å². The van der Waals surface area contributed by atoms with Crippen LogP contribution in [0.4, 0.5) is 5.88 Å². The van der Waals surface area contributed by atoms with Crippen molar-refractivity contribution in [3.8, 4) is 0 Å². The van der Waals surface area contributed by atoms with Gasteiger partial charge in [0.15, 0.2) is 0 Å². The lowest BCUT2D eigenvalue weighted by atomic mass is 10.2. The van der Waals surface area contributed by atoms with Gasteiger partial charge in [-0.25, -0.2) is 0 Å². The first-order valence-corrected chi connectivity index (χ1v) is 3.82. The number of hydrogen-bond acceptors (Lipinski definition) is 4. The maximum absolute atomic E-state index is 10.6. The number of furan rings is 1. The van der Waals surface area contributed by atoms with Crippen molar-refractivity contribution in [1.29, 1.82) is 0 Å². The molecule has 0 spiro atoms. The summed E-state index contributed by atoms with van der Waals surface area (Å²) < 4.78 is 4.84. The van der Waals surface area contributed by atoms with Crippen molar-refractivity contribution in [2.24, 2.45) is 0 Å². The van der Waals surface area contributed by atoms with Crippen LogP contribution >= 0.6 is 0 Å². The highest BCUT2D eigenvalue weighted by Crippen LogP contribution is 2.16. The summed E-state index contributed by atoms with van der Waals surface area (Å²) in [4.78, 5) is 20.2. The number of nitro groups is 1. The molecule has 0 N–H and O–H groups in total. The highest BCUT2D eigenvalue weighted by Gasteiger charge is 2.11. The minimum atomic E-state index is -0.600. The average Bonchev–Trinajstić information content (AvgIpc) is 2.48. The first-order valence-electron chi connectivity index (χ1n) is 3.82. The van der Waals surface area contributed by atoms with E-state index in [-0.39, 0.29) is 11.7 Å². The number of aryl methyl sites for hydroxylation is 1. The van der Waals surface area contributed by atoms with Gasteiger partial charge in [-0.3, -0.25) is 10.1 Å². The van der Waals surface area contributed by atoms with Gasteiger partial charge in [0.1, 0.15) is 16.5 Å². The Morgan fingerprint density at radius 2 is 2.31 bits per heavy atom. The van der Waals surface area contributed by atoms with Crippen LogP contribution in [0, 0.1) is 10.1 Å². The van der Waals surface area contributed by atoms with E-state index in [9.17, 15) is 14.9 Å². The Labute approximate surface area is 74.5 Å². The number of ketones is 1. The van der Waals surface area contributed by atoms with Crippen molar-refractivity contribution >= 4 is 11.7 Å². The molecule has 0 unspecified atom stereocenters. The van der Waals surface area contributed by atoms with E-state index in [0.717, 1.165) is 0 Å². The molecule has 1 heterocycles. The molecule has 70 valence electrons. The van der Waals surface area contributed by atoms with Gasteiger partial charge in [0, 0.05) is 12.8 Å². The fraction of sp³-hybridized carbons (Fsp3) is 0.375. The average molecular weight is 183 g/mol. The van der Waals surface area contributed by atoms with E-state index in [1.807, 2.05) is 0 Å². The first kappa shape index (κ1) is 9.44. The molecule has 0 aliphatic carbocycles. The molecule has 0 atom stereocenters. The fourth-order valence-electron chi connectivity index (χ4n) is 0.898. The summed E-state index contributed by atoms with van der Waals surface area (Å²) in [6.45, 7) is 1.47. The highest BCUT2D eigenvalue weighted by atomic mass is 16.6. The molecule has 0 fully saturated rings. The van der Waals surface area contributed by atoms with Crippen molar-refractivity contribution in [3.63, 3.8) is 0 Å². The van der Waals surface area contributed by atoms with E-state index < -0.39 is 4.92 Å². The molecule has 0 bridgehead atoms. The van der Waals surface area contributed by atoms with Crippen LogP contribution in [0.3, 0.4) is 0 Å². The number of carbonyl (C=O) groups is 1. The smallest absolute Gasteiger partial charge is 0.406 e. The minimum Gasteiger partial charge on any atom is -0.406 e. The van der Waals surface area contributed by atoms with Gasteiger partial charge in [-0.1, -0.05) is 0 Å². The van der Waals surface area contributed by atoms with Gasteiger partial charge in [0.05, 0.1) is 6.07 Å². The number of rotatable bonds is 4. The molecule has 1 aromatic heterocycles. The second-order valence-electron chi connectivity index (χ2n) is 2.70. The summed E-state index contributed by atoms with van der Waals surface area (Å²) in [5.74, 6) is 0.236. The molecule has 0 aliphatic heterocycles. The molecule has 13 heavy (non-hydrogen) atoms. The Bertz CT molecular complexity index is 329. The van der Waals surface area contributed by atoms with Gasteiger partial charge >= 0.3 is 5.88 Å². The van der Waals surface area contributed by atoms with Crippen LogP contribution < -0.4 is 0 Å². The standard InChI is InChI=1S/C8H9NO4/c1-6(10)2-3-7-4-5-8(13-7)9(11)12/h4-5H,2-3H2,1H3. The maximum Gasteiger partial charge on any atom is 0.433 e. The van der Waals surface area contributed by atoms with Crippen molar-refractivity contribution in [3.05, 3.63) is 28.0 Å². The molecule has 0 aromatic carbocycles. The van der Waals surface area contributed by atoms with E-state index in [2.05, 4.69) is 0 Å². The van der Waals surface area contributed by atoms with Crippen LogP contribution in [0.2, 0.25) is 0 Å². The van der Waals surface area contributed by atoms with Crippen LogP contribution in [-0.2, 0) is 11.2 Å². The zero-order valence-corrected chi connectivity index (χ0v) is 7.15. The van der Waals surface area contributed by atoms with E-state index in [1.54, 1.807) is 0 Å². The predicted octanol–water partition coefficient (Wildman–Crippen LogP) is 1.71. The molecule has 0 aliphatic rings. The molecule has 0 saturated carbocycles. The summed E-state index contributed by atoms with van der Waals surface area (Å²) in [6.07, 6.45) is 0.772. The summed E-state index contributed by atoms with van der Waals surface area (Å²) in [5, 5.41) is 10.2. The van der Waals surface area contributed by atoms with Crippen molar-refractivity contribution in [2.75, 3.05) is 0 Å².